The number of rotatable bonds is 12. The van der Waals surface area contributed by atoms with Crippen LogP contribution in [0.3, 0.4) is 0 Å². The van der Waals surface area contributed by atoms with E-state index in [1.807, 2.05) is 21.0 Å². The number of halogens is 3. The van der Waals surface area contributed by atoms with Crippen molar-refractivity contribution in [2.45, 2.75) is 201 Å². The highest BCUT2D eigenvalue weighted by atomic mass is 19.4. The van der Waals surface area contributed by atoms with Crippen LogP contribution >= 0.6 is 0 Å². The highest BCUT2D eigenvalue weighted by molar-refractivity contribution is 5.49. The van der Waals surface area contributed by atoms with Gasteiger partial charge >= 0.3 is 6.18 Å². The summed E-state index contributed by atoms with van der Waals surface area (Å²) in [6.07, 6.45) is 18.7. The van der Waals surface area contributed by atoms with E-state index in [0.29, 0.717) is 60.4 Å². The van der Waals surface area contributed by atoms with Crippen LogP contribution in [-0.2, 0) is 14.3 Å². The Bertz CT molecular complexity index is 1670. The zero-order chi connectivity index (χ0) is 51.1. The van der Waals surface area contributed by atoms with Crippen LogP contribution in [0.1, 0.15) is 188 Å². The largest absolute Gasteiger partial charge is 0.414 e. The van der Waals surface area contributed by atoms with Gasteiger partial charge in [0, 0.05) is 41.8 Å². The second-order valence-corrected chi connectivity index (χ2v) is 24.0. The molecule has 0 radical (unpaired) electrons. The van der Waals surface area contributed by atoms with Gasteiger partial charge in [-0.05, 0) is 206 Å². The van der Waals surface area contributed by atoms with Gasteiger partial charge in [-0.15, -0.1) is 0 Å². The van der Waals surface area contributed by atoms with E-state index >= 15 is 0 Å². The molecular weight excluding hydrogens is 802 g/mol. The van der Waals surface area contributed by atoms with Crippen molar-refractivity contribution in [2.75, 3.05) is 27.4 Å². The van der Waals surface area contributed by atoms with Crippen molar-refractivity contribution < 1.29 is 53.1 Å². The van der Waals surface area contributed by atoms with Crippen molar-refractivity contribution in [3.05, 3.63) is 23.3 Å². The number of alkyl halides is 3. The Balaban J connectivity index is 0.000000425. The maximum Gasteiger partial charge on any atom is 0.414 e. The van der Waals surface area contributed by atoms with E-state index in [1.54, 1.807) is 7.11 Å². The van der Waals surface area contributed by atoms with Crippen LogP contribution in [0.5, 0.6) is 0 Å². The molecule has 17 atom stereocenters. The average Bonchev–Trinajstić information content (AvgIpc) is 3.86. The summed E-state index contributed by atoms with van der Waals surface area (Å²) in [6.45, 7) is 15.0. The fourth-order valence-electron chi connectivity index (χ4n) is 17.5. The third-order valence-electron chi connectivity index (χ3n) is 20.5. The zero-order valence-electron chi connectivity index (χ0n) is 45.8. The number of carbonyl (C=O) groups is 1. The number of hydrogen-bond donors (Lipinski definition) is 3. The first-order chi connectivity index (χ1) is 32.1. The van der Waals surface area contributed by atoms with E-state index in [0.717, 1.165) is 108 Å². The average molecular weight is 906 g/mol. The van der Waals surface area contributed by atoms with Crippen molar-refractivity contribution >= 4 is 6.29 Å². The molecule has 6 fully saturated rings. The molecule has 0 bridgehead atoms. The van der Waals surface area contributed by atoms with E-state index in [4.69, 9.17) is 18.4 Å². The second-order valence-electron chi connectivity index (χ2n) is 24.0. The van der Waals surface area contributed by atoms with Crippen LogP contribution in [0.2, 0.25) is 0 Å². The topological polar surface area (TPSA) is 96.2 Å². The van der Waals surface area contributed by atoms with Gasteiger partial charge in [-0.3, -0.25) is 0 Å². The van der Waals surface area contributed by atoms with Gasteiger partial charge in [0.15, 0.2) is 0 Å². The number of aliphatic hydroxyl groups excluding tert-OH is 1. The molecule has 8 aliphatic carbocycles. The summed E-state index contributed by atoms with van der Waals surface area (Å²) in [5.74, 6) is 6.03. The maximum absolute atomic E-state index is 12.8. The summed E-state index contributed by atoms with van der Waals surface area (Å²) in [5.41, 5.74) is 2.49. The van der Waals surface area contributed by atoms with Crippen molar-refractivity contribution in [1.82, 2.24) is 0 Å². The summed E-state index contributed by atoms with van der Waals surface area (Å²) in [5, 5.41) is 31.0. The minimum Gasteiger partial charge on any atom is -0.390 e. The lowest BCUT2D eigenvalue weighted by Gasteiger charge is -2.60. The number of allylic oxidation sites excluding steroid dienone is 2. The highest BCUT2D eigenvalue weighted by Crippen LogP contribution is 2.70. The number of aliphatic hydroxyl groups is 3. The van der Waals surface area contributed by atoms with Gasteiger partial charge in [-0.25, -0.2) is 0 Å². The third kappa shape index (κ3) is 9.35. The predicted octanol–water partition coefficient (Wildman–Crippen LogP) is 13.5. The molecule has 6 saturated carbocycles. The molecule has 9 heteroatoms. The smallest absolute Gasteiger partial charge is 0.390 e. The van der Waals surface area contributed by atoms with E-state index < -0.39 is 23.5 Å². The van der Waals surface area contributed by atoms with Crippen molar-refractivity contribution in [3.63, 3.8) is 0 Å². The standard InChI is InChI=1S/C27H43F3O3.C26H42O3.CH4.4H2/c1-17(5-10-23(31)27(28,29)30)20-8-9-21-19-7-6-18-15-24(2,32)13-14-26(18,16-33-4)22(19)11-12-25(20,21)3;1-18(6-5-15-27)21-9-10-22-20-8-7-19-16-24(2,28)13-14-26(19,17-29-4)23(20)11-12-25(21,22)3;;;;;/h6,17,19-23,31-32H,5,7-16H2,1-4H3;7,15,18,20-23,28H,5-6,8-14,16-17H2,1-4H3;1H4;4*1H/t17-,19+,20-,21+,22+,23?,24+,25-,26-;18-,20+,21-,22+,23+,24+,25-,26-;;;;;/m11...../s1/i;;;3*1+1D;1+1. The van der Waals surface area contributed by atoms with Crippen molar-refractivity contribution in [1.29, 1.82) is 0 Å². The van der Waals surface area contributed by atoms with Gasteiger partial charge in [0.25, 0.3) is 0 Å². The third-order valence-corrected chi connectivity index (χ3v) is 20.5. The SMILES string of the molecule is C.COC[C@]12CC[C@](C)(O)CC1=CC[C@@H]1[C@@H]2CC[C@]2(C)[C@@H]([C@H](C)CCC(O)C(F)(F)F)CC[C@@H]12.COC[C@]12CC[C@](C)(O)CC1=CC[C@@H]1[C@@H]2CC[C@]2(C)[C@@H]([C@H](C)CCC=O)CC[C@@H]12.[2HH].[2H][2H].[2H][2H].[2H][2H]. The molecule has 0 heterocycles. The number of fused-ring (bicyclic) bond motifs is 10. The fraction of sp³-hybridized carbons (Fsp3) is 0.907. The molecule has 0 aliphatic heterocycles. The monoisotopic (exact) mass is 906 g/mol. The van der Waals surface area contributed by atoms with Crippen LogP contribution in [-0.4, -0.2) is 72.5 Å². The molecular formula is C54H97F3O6. The van der Waals surface area contributed by atoms with Gasteiger partial charge in [-0.1, -0.05) is 58.4 Å². The van der Waals surface area contributed by atoms with E-state index in [1.165, 1.54) is 43.3 Å². The quantitative estimate of drug-likeness (QED) is 0.133. The van der Waals surface area contributed by atoms with Crippen LogP contribution in [0.4, 0.5) is 13.2 Å². The zero-order valence-corrected chi connectivity index (χ0v) is 39.8. The molecule has 8 aliphatic rings. The number of methoxy groups -OCH3 is 2. The van der Waals surface area contributed by atoms with Gasteiger partial charge in [-0.2, -0.15) is 13.2 Å². The Labute approximate surface area is 391 Å². The van der Waals surface area contributed by atoms with Crippen LogP contribution in [0.15, 0.2) is 23.3 Å². The van der Waals surface area contributed by atoms with E-state index in [2.05, 4.69) is 39.8 Å². The fourth-order valence-corrected chi connectivity index (χ4v) is 17.5. The molecule has 0 saturated heterocycles. The lowest BCUT2D eigenvalue weighted by molar-refractivity contribution is -0.206. The van der Waals surface area contributed by atoms with Crippen LogP contribution in [0, 0.1) is 80.8 Å². The summed E-state index contributed by atoms with van der Waals surface area (Å²) < 4.78 is 80.1. The molecule has 1 unspecified atom stereocenters. The Morgan fingerprint density at radius 2 is 1.13 bits per heavy atom. The van der Waals surface area contributed by atoms with Crippen molar-refractivity contribution in [2.24, 2.45) is 80.8 Å². The summed E-state index contributed by atoms with van der Waals surface area (Å²) >= 11 is 0. The first-order valence-corrected chi connectivity index (χ1v) is 25.1. The Morgan fingerprint density at radius 3 is 1.52 bits per heavy atom. The summed E-state index contributed by atoms with van der Waals surface area (Å²) in [7, 11) is 3.65. The van der Waals surface area contributed by atoms with Gasteiger partial charge in [0.1, 0.15) is 12.4 Å². The molecule has 63 heavy (non-hydrogen) atoms. The first kappa shape index (κ1) is 46.8. The molecule has 0 aromatic rings. The summed E-state index contributed by atoms with van der Waals surface area (Å²) in [6, 6.07) is 0. The minimum absolute atomic E-state index is 0. The number of carbonyl (C=O) groups excluding carboxylic acids is 1. The highest BCUT2D eigenvalue weighted by Gasteiger charge is 2.63. The Morgan fingerprint density at radius 1 is 0.698 bits per heavy atom. The molecule has 6 nitrogen and oxygen atoms in total. The number of aldehydes is 1. The molecule has 3 N–H and O–H groups in total. The molecule has 0 aromatic carbocycles. The summed E-state index contributed by atoms with van der Waals surface area (Å²) in [4.78, 5) is 10.9. The first-order valence-electron chi connectivity index (χ1n) is 28.1. The Kier molecular flexibility index (Phi) is 14.1. The lowest BCUT2D eigenvalue weighted by atomic mass is 9.46. The number of ether oxygens (including phenoxy) is 2. The van der Waals surface area contributed by atoms with E-state index in [9.17, 15) is 33.3 Å². The minimum atomic E-state index is -4.52. The molecule has 8 rings (SSSR count). The van der Waals surface area contributed by atoms with Crippen LogP contribution in [0.25, 0.3) is 0 Å². The molecule has 370 valence electrons. The van der Waals surface area contributed by atoms with Gasteiger partial charge < -0.3 is 29.6 Å². The molecule has 0 aromatic heterocycles. The van der Waals surface area contributed by atoms with E-state index in [-0.39, 0.29) is 37.4 Å². The second kappa shape index (κ2) is 19.0. The van der Waals surface area contributed by atoms with Crippen LogP contribution < -0.4 is 0 Å². The molecule has 0 spiro atoms. The van der Waals surface area contributed by atoms with Crippen molar-refractivity contribution in [3.8, 4) is 0 Å². The normalized spacial score (nSPS) is 45.8. The molecule has 0 amide bonds. The lowest BCUT2D eigenvalue weighted by Crippen LogP contribution is -2.54. The number of hydrogen-bond acceptors (Lipinski definition) is 6. The van der Waals surface area contributed by atoms with Gasteiger partial charge in [0.05, 0.1) is 24.4 Å². The predicted molar refractivity (Wildman–Crippen MR) is 254 cm³/mol. The maximum atomic E-state index is 12.8. The van der Waals surface area contributed by atoms with Gasteiger partial charge in [0.2, 0.25) is 0 Å². The Hall–Kier alpha value is -1.26.